The van der Waals surface area contributed by atoms with Gasteiger partial charge in [0.15, 0.2) is 0 Å². The van der Waals surface area contributed by atoms with E-state index in [1.165, 1.54) is 0 Å². The number of carbonyl (C=O) groups is 2. The normalized spacial score (nSPS) is 20.2. The second-order valence-corrected chi connectivity index (χ2v) is 6.73. The predicted octanol–water partition coefficient (Wildman–Crippen LogP) is 2.25. The summed E-state index contributed by atoms with van der Waals surface area (Å²) < 4.78 is 5.39. The highest BCUT2D eigenvalue weighted by Crippen LogP contribution is 2.31. The number of nitrogens with one attached hydrogen (secondary N) is 1. The summed E-state index contributed by atoms with van der Waals surface area (Å²) in [6.07, 6.45) is 3.24. The van der Waals surface area contributed by atoms with Crippen molar-refractivity contribution in [1.29, 1.82) is 0 Å². The summed E-state index contributed by atoms with van der Waals surface area (Å²) in [5.41, 5.74) is 2.85. The lowest BCUT2D eigenvalue weighted by atomic mass is 10.1. The molecule has 2 amide bonds. The van der Waals surface area contributed by atoms with Crippen LogP contribution in [0.3, 0.4) is 0 Å². The van der Waals surface area contributed by atoms with E-state index in [0.717, 1.165) is 49.2 Å². The van der Waals surface area contributed by atoms with Gasteiger partial charge in [-0.2, -0.15) is 0 Å². The summed E-state index contributed by atoms with van der Waals surface area (Å²) in [5, 5.41) is 3.03. The molecule has 0 saturated carbocycles. The van der Waals surface area contributed by atoms with Crippen LogP contribution in [-0.2, 0) is 16.0 Å². The van der Waals surface area contributed by atoms with Crippen molar-refractivity contribution in [3.63, 3.8) is 0 Å². The topological polar surface area (TPSA) is 61.9 Å². The molecular weight excluding hydrogens is 326 g/mol. The molecule has 1 unspecified atom stereocenters. The molecule has 24 heavy (non-hydrogen) atoms. The van der Waals surface area contributed by atoms with Crippen LogP contribution >= 0.6 is 12.2 Å². The zero-order chi connectivity index (χ0) is 17.1. The van der Waals surface area contributed by atoms with Gasteiger partial charge < -0.3 is 15.0 Å². The number of hydrogen-bond acceptors (Lipinski definition) is 4. The van der Waals surface area contributed by atoms with Gasteiger partial charge in [0.1, 0.15) is 6.10 Å². The number of carbonyl (C=O) groups excluding carboxylic acids is 2. The fraction of sp³-hybridized carbons (Fsp3) is 0.471. The van der Waals surface area contributed by atoms with E-state index in [2.05, 4.69) is 5.32 Å². The Morgan fingerprint density at radius 3 is 3.04 bits per heavy atom. The lowest BCUT2D eigenvalue weighted by Gasteiger charge is -2.20. The molecule has 2 aliphatic rings. The maximum Gasteiger partial charge on any atom is 0.414 e. The van der Waals surface area contributed by atoms with E-state index in [4.69, 9.17) is 17.0 Å². The number of anilines is 2. The average Bonchev–Trinajstić information content (AvgIpc) is 2.81. The van der Waals surface area contributed by atoms with Gasteiger partial charge in [0.25, 0.3) is 0 Å². The quantitative estimate of drug-likeness (QED) is 0.669. The van der Waals surface area contributed by atoms with E-state index in [0.29, 0.717) is 18.1 Å². The van der Waals surface area contributed by atoms with Crippen molar-refractivity contribution in [2.45, 2.75) is 32.3 Å². The fourth-order valence-electron chi connectivity index (χ4n) is 3.14. The molecule has 1 atom stereocenters. The number of amides is 2. The lowest BCUT2D eigenvalue weighted by Crippen LogP contribution is -2.32. The Balaban J connectivity index is 1.78. The van der Waals surface area contributed by atoms with E-state index >= 15 is 0 Å². The second kappa shape index (κ2) is 7.17. The molecule has 0 bridgehead atoms. The standard InChI is InChI=1S/C17H21N3O3S/c1-12(24)18-9-15-10-20(17(22)23-15)14-5-6-16-13(8-14)4-2-3-7-19(16)11-21/h5-6,8,11,15H,2-4,7,9-10H2,1H3,(H,18,24). The molecule has 2 heterocycles. The van der Waals surface area contributed by atoms with Crippen molar-refractivity contribution in [2.24, 2.45) is 0 Å². The summed E-state index contributed by atoms with van der Waals surface area (Å²) in [7, 11) is 0. The van der Waals surface area contributed by atoms with Crippen molar-refractivity contribution in [1.82, 2.24) is 5.32 Å². The number of nitrogens with zero attached hydrogens (tertiary/aromatic N) is 2. The Kier molecular flexibility index (Phi) is 4.99. The molecule has 128 valence electrons. The van der Waals surface area contributed by atoms with E-state index < -0.39 is 0 Å². The molecular formula is C17H21N3O3S. The minimum absolute atomic E-state index is 0.222. The first-order chi connectivity index (χ1) is 11.6. The molecule has 0 spiro atoms. The van der Waals surface area contributed by atoms with Crippen LogP contribution in [0.2, 0.25) is 0 Å². The van der Waals surface area contributed by atoms with Gasteiger partial charge in [0.2, 0.25) is 6.41 Å². The van der Waals surface area contributed by atoms with Gasteiger partial charge in [-0.05, 0) is 49.9 Å². The minimum Gasteiger partial charge on any atom is -0.442 e. The number of aryl methyl sites for hydroxylation is 1. The number of benzene rings is 1. The molecule has 0 radical (unpaired) electrons. The molecule has 1 N–H and O–H groups in total. The first-order valence-corrected chi connectivity index (χ1v) is 8.57. The summed E-state index contributed by atoms with van der Waals surface area (Å²) in [6, 6.07) is 5.80. The zero-order valence-electron chi connectivity index (χ0n) is 13.7. The molecule has 3 rings (SSSR count). The Bertz CT molecular complexity index is 664. The number of thiocarbonyl (C=S) groups is 1. The summed E-state index contributed by atoms with van der Waals surface area (Å²) >= 11 is 4.99. The Morgan fingerprint density at radius 2 is 2.29 bits per heavy atom. The summed E-state index contributed by atoms with van der Waals surface area (Å²) in [6.45, 7) is 3.55. The van der Waals surface area contributed by atoms with Crippen LogP contribution in [0, 0.1) is 0 Å². The minimum atomic E-state index is -0.343. The number of ether oxygens (including phenoxy) is 1. The van der Waals surface area contributed by atoms with Crippen molar-refractivity contribution in [3.05, 3.63) is 23.8 Å². The first-order valence-electron chi connectivity index (χ1n) is 8.16. The van der Waals surface area contributed by atoms with Gasteiger partial charge in [0.05, 0.1) is 18.1 Å². The van der Waals surface area contributed by atoms with Crippen LogP contribution in [0.4, 0.5) is 16.2 Å². The maximum absolute atomic E-state index is 12.2. The molecule has 2 aliphatic heterocycles. The molecule has 0 aromatic heterocycles. The van der Waals surface area contributed by atoms with E-state index in [1.54, 1.807) is 16.7 Å². The number of hydrogen-bond donors (Lipinski definition) is 1. The fourth-order valence-corrected chi connectivity index (χ4v) is 3.23. The molecule has 6 nitrogen and oxygen atoms in total. The predicted molar refractivity (Wildman–Crippen MR) is 96.7 cm³/mol. The van der Waals surface area contributed by atoms with E-state index in [1.807, 2.05) is 18.2 Å². The maximum atomic E-state index is 12.2. The van der Waals surface area contributed by atoms with Gasteiger partial charge in [0, 0.05) is 17.9 Å². The van der Waals surface area contributed by atoms with Crippen molar-refractivity contribution in [3.8, 4) is 0 Å². The van der Waals surface area contributed by atoms with Gasteiger partial charge in [-0.1, -0.05) is 12.2 Å². The Hall–Kier alpha value is -2.15. The van der Waals surface area contributed by atoms with Crippen molar-refractivity contribution < 1.29 is 14.3 Å². The molecule has 1 saturated heterocycles. The van der Waals surface area contributed by atoms with Crippen LogP contribution in [-0.4, -0.2) is 43.2 Å². The highest BCUT2D eigenvalue weighted by atomic mass is 32.1. The summed E-state index contributed by atoms with van der Waals surface area (Å²) in [4.78, 5) is 27.5. The highest BCUT2D eigenvalue weighted by molar-refractivity contribution is 7.80. The lowest BCUT2D eigenvalue weighted by molar-refractivity contribution is -0.107. The first kappa shape index (κ1) is 16.7. The smallest absolute Gasteiger partial charge is 0.414 e. The Morgan fingerprint density at radius 1 is 1.46 bits per heavy atom. The van der Waals surface area contributed by atoms with Gasteiger partial charge in [-0.25, -0.2) is 4.79 Å². The highest BCUT2D eigenvalue weighted by Gasteiger charge is 2.32. The largest absolute Gasteiger partial charge is 0.442 e. The number of rotatable bonds is 4. The third kappa shape index (κ3) is 3.51. The molecule has 7 heteroatoms. The van der Waals surface area contributed by atoms with Crippen LogP contribution in [0.5, 0.6) is 0 Å². The molecule has 0 aliphatic carbocycles. The average molecular weight is 347 g/mol. The molecule has 1 aromatic rings. The molecule has 1 fully saturated rings. The van der Waals surface area contributed by atoms with Gasteiger partial charge in [-0.15, -0.1) is 0 Å². The third-order valence-corrected chi connectivity index (χ3v) is 4.50. The monoisotopic (exact) mass is 347 g/mol. The molecule has 1 aromatic carbocycles. The van der Waals surface area contributed by atoms with Gasteiger partial charge in [-0.3, -0.25) is 9.69 Å². The van der Waals surface area contributed by atoms with Crippen LogP contribution in [0.15, 0.2) is 18.2 Å². The second-order valence-electron chi connectivity index (χ2n) is 6.12. The van der Waals surface area contributed by atoms with Crippen LogP contribution in [0.1, 0.15) is 25.3 Å². The third-order valence-electron chi connectivity index (χ3n) is 4.36. The van der Waals surface area contributed by atoms with Gasteiger partial charge >= 0.3 is 6.09 Å². The van der Waals surface area contributed by atoms with Crippen LogP contribution in [0.25, 0.3) is 0 Å². The number of fused-ring (bicyclic) bond motifs is 1. The van der Waals surface area contributed by atoms with E-state index in [-0.39, 0.29) is 12.2 Å². The zero-order valence-corrected chi connectivity index (χ0v) is 14.5. The number of cyclic esters (lactones) is 1. The SMILES string of the molecule is CC(=S)NCC1CN(c2ccc3c(c2)CCCCN3C=O)C(=O)O1. The van der Waals surface area contributed by atoms with Crippen LogP contribution < -0.4 is 15.1 Å². The Labute approximate surface area is 146 Å². The van der Waals surface area contributed by atoms with E-state index in [9.17, 15) is 9.59 Å². The van der Waals surface area contributed by atoms with Crippen molar-refractivity contribution >= 4 is 41.1 Å². The van der Waals surface area contributed by atoms with Crippen molar-refractivity contribution in [2.75, 3.05) is 29.4 Å². The summed E-state index contributed by atoms with van der Waals surface area (Å²) in [5.74, 6) is 0.